The van der Waals surface area contributed by atoms with E-state index in [4.69, 9.17) is 0 Å². The number of aromatic nitrogens is 1. The second-order valence-corrected chi connectivity index (χ2v) is 4.17. The van der Waals surface area contributed by atoms with Crippen LogP contribution >= 0.6 is 0 Å². The molecule has 1 heterocycles. The molecule has 6 nitrogen and oxygen atoms in total. The Morgan fingerprint density at radius 3 is 3.00 bits per heavy atom. The minimum atomic E-state index is -0.415. The van der Waals surface area contributed by atoms with Gasteiger partial charge in [0.15, 0.2) is 0 Å². The molecule has 1 aliphatic carbocycles. The van der Waals surface area contributed by atoms with Crippen molar-refractivity contribution in [1.82, 2.24) is 10.3 Å². The average Bonchev–Trinajstić information content (AvgIpc) is 3.13. The molecule has 1 aromatic rings. The summed E-state index contributed by atoms with van der Waals surface area (Å²) in [5.74, 6) is 0.561. The molecule has 2 N–H and O–H groups in total. The number of hydrogen-bond donors (Lipinski definition) is 2. The van der Waals surface area contributed by atoms with Crippen LogP contribution in [0.5, 0.6) is 0 Å². The predicted octanol–water partition coefficient (Wildman–Crippen LogP) is 1.54. The molecule has 0 amide bonds. The summed E-state index contributed by atoms with van der Waals surface area (Å²) in [6.45, 7) is 1.75. The molecule has 0 aromatic carbocycles. The maximum Gasteiger partial charge on any atom is 0.274 e. The van der Waals surface area contributed by atoms with Crippen molar-refractivity contribution in [2.24, 2.45) is 0 Å². The zero-order valence-electron chi connectivity index (χ0n) is 9.56. The third-order valence-corrected chi connectivity index (χ3v) is 2.62. The van der Waals surface area contributed by atoms with Crippen molar-refractivity contribution in [2.75, 3.05) is 18.4 Å². The molecule has 0 radical (unpaired) electrons. The van der Waals surface area contributed by atoms with Gasteiger partial charge in [0.1, 0.15) is 5.82 Å². The zero-order chi connectivity index (χ0) is 12.1. The van der Waals surface area contributed by atoms with Crippen LogP contribution in [0.1, 0.15) is 19.3 Å². The van der Waals surface area contributed by atoms with E-state index in [1.54, 1.807) is 0 Å². The van der Waals surface area contributed by atoms with Crippen LogP contribution in [0.15, 0.2) is 18.3 Å². The summed E-state index contributed by atoms with van der Waals surface area (Å²) in [5.41, 5.74) is 0.0682. The molecular formula is C11H16N4O2. The van der Waals surface area contributed by atoms with Crippen molar-refractivity contribution >= 4 is 11.5 Å². The fraction of sp³-hybridized carbons (Fsp3) is 0.545. The third kappa shape index (κ3) is 3.99. The van der Waals surface area contributed by atoms with Gasteiger partial charge in [0, 0.05) is 24.8 Å². The van der Waals surface area contributed by atoms with E-state index >= 15 is 0 Å². The van der Waals surface area contributed by atoms with Gasteiger partial charge in [-0.2, -0.15) is 0 Å². The summed E-state index contributed by atoms with van der Waals surface area (Å²) in [6, 6.07) is 3.57. The quantitative estimate of drug-likeness (QED) is 0.426. The van der Waals surface area contributed by atoms with Gasteiger partial charge in [-0.1, -0.05) is 0 Å². The Bertz CT molecular complexity index is 393. The fourth-order valence-electron chi connectivity index (χ4n) is 1.53. The molecule has 0 aliphatic heterocycles. The largest absolute Gasteiger partial charge is 0.370 e. The summed E-state index contributed by atoms with van der Waals surface area (Å²) in [6.07, 6.45) is 5.02. The lowest BCUT2D eigenvalue weighted by atomic mass is 10.3. The number of nitrogens with one attached hydrogen (secondary N) is 2. The van der Waals surface area contributed by atoms with Gasteiger partial charge in [-0.25, -0.2) is 4.98 Å². The summed E-state index contributed by atoms with van der Waals surface area (Å²) in [7, 11) is 0. The normalized spacial score (nSPS) is 14.6. The standard InChI is InChI=1S/C11H16N4O2/c16-15(17)10-4-7-14-11(8-10)13-6-1-5-12-9-2-3-9/h4,7-9,12H,1-3,5-6H2,(H,13,14). The highest BCUT2D eigenvalue weighted by atomic mass is 16.6. The van der Waals surface area contributed by atoms with Gasteiger partial charge in [0.05, 0.1) is 11.0 Å². The Morgan fingerprint density at radius 1 is 1.47 bits per heavy atom. The van der Waals surface area contributed by atoms with Crippen LogP contribution < -0.4 is 10.6 Å². The van der Waals surface area contributed by atoms with Crippen LogP contribution in [0, 0.1) is 10.1 Å². The lowest BCUT2D eigenvalue weighted by molar-refractivity contribution is -0.384. The van der Waals surface area contributed by atoms with Gasteiger partial charge in [-0.3, -0.25) is 10.1 Å². The Labute approximate surface area is 99.6 Å². The number of pyridine rings is 1. The summed E-state index contributed by atoms with van der Waals surface area (Å²) in [5, 5.41) is 17.0. The Balaban J connectivity index is 1.70. The van der Waals surface area contributed by atoms with E-state index < -0.39 is 4.92 Å². The second kappa shape index (κ2) is 5.58. The Morgan fingerprint density at radius 2 is 2.29 bits per heavy atom. The van der Waals surface area contributed by atoms with Crippen LogP contribution in [0.25, 0.3) is 0 Å². The summed E-state index contributed by atoms with van der Waals surface area (Å²) in [4.78, 5) is 14.2. The molecule has 92 valence electrons. The lowest BCUT2D eigenvalue weighted by Gasteiger charge is -2.05. The molecule has 0 unspecified atom stereocenters. The van der Waals surface area contributed by atoms with Crippen LogP contribution in [0.4, 0.5) is 11.5 Å². The number of nitrogens with zero attached hydrogens (tertiary/aromatic N) is 2. The van der Waals surface area contributed by atoms with Gasteiger partial charge in [-0.15, -0.1) is 0 Å². The van der Waals surface area contributed by atoms with Gasteiger partial charge in [0.25, 0.3) is 5.69 Å². The molecule has 6 heteroatoms. The van der Waals surface area contributed by atoms with Crippen molar-refractivity contribution in [2.45, 2.75) is 25.3 Å². The van der Waals surface area contributed by atoms with Crippen LogP contribution in [-0.4, -0.2) is 29.0 Å². The molecule has 0 atom stereocenters. The fourth-order valence-corrected chi connectivity index (χ4v) is 1.53. The minimum absolute atomic E-state index is 0.0682. The van der Waals surface area contributed by atoms with Crippen LogP contribution in [-0.2, 0) is 0 Å². The van der Waals surface area contributed by atoms with Crippen LogP contribution in [0.3, 0.4) is 0 Å². The molecule has 1 saturated carbocycles. The first-order chi connectivity index (χ1) is 8.25. The minimum Gasteiger partial charge on any atom is -0.370 e. The van der Waals surface area contributed by atoms with E-state index in [9.17, 15) is 10.1 Å². The van der Waals surface area contributed by atoms with Gasteiger partial charge in [0.2, 0.25) is 0 Å². The van der Waals surface area contributed by atoms with Crippen molar-refractivity contribution in [3.05, 3.63) is 28.4 Å². The second-order valence-electron chi connectivity index (χ2n) is 4.17. The Kier molecular flexibility index (Phi) is 3.87. The van der Waals surface area contributed by atoms with E-state index in [-0.39, 0.29) is 5.69 Å². The van der Waals surface area contributed by atoms with Crippen molar-refractivity contribution in [3.8, 4) is 0 Å². The summed E-state index contributed by atoms with van der Waals surface area (Å²) >= 11 is 0. The van der Waals surface area contributed by atoms with Gasteiger partial charge < -0.3 is 10.6 Å². The number of nitro groups is 1. The summed E-state index contributed by atoms with van der Waals surface area (Å²) < 4.78 is 0. The Hall–Kier alpha value is -1.69. The first-order valence-electron chi connectivity index (χ1n) is 5.83. The molecule has 0 bridgehead atoms. The van der Waals surface area contributed by atoms with E-state index in [2.05, 4.69) is 15.6 Å². The zero-order valence-corrected chi connectivity index (χ0v) is 9.56. The van der Waals surface area contributed by atoms with E-state index in [1.165, 1.54) is 31.2 Å². The molecule has 0 spiro atoms. The SMILES string of the molecule is O=[N+]([O-])c1ccnc(NCCCNC2CC2)c1. The molecule has 2 rings (SSSR count). The number of rotatable bonds is 7. The molecule has 17 heavy (non-hydrogen) atoms. The molecule has 1 fully saturated rings. The maximum absolute atomic E-state index is 10.6. The van der Waals surface area contributed by atoms with E-state index in [0.29, 0.717) is 5.82 Å². The van der Waals surface area contributed by atoms with Crippen LogP contribution in [0.2, 0.25) is 0 Å². The van der Waals surface area contributed by atoms with E-state index in [1.807, 2.05) is 0 Å². The van der Waals surface area contributed by atoms with Crippen molar-refractivity contribution in [3.63, 3.8) is 0 Å². The van der Waals surface area contributed by atoms with Gasteiger partial charge >= 0.3 is 0 Å². The highest BCUT2D eigenvalue weighted by Gasteiger charge is 2.19. The average molecular weight is 236 g/mol. The molecular weight excluding hydrogens is 220 g/mol. The smallest absolute Gasteiger partial charge is 0.274 e. The molecule has 0 saturated heterocycles. The highest BCUT2D eigenvalue weighted by molar-refractivity contribution is 5.43. The molecule has 1 aromatic heterocycles. The highest BCUT2D eigenvalue weighted by Crippen LogP contribution is 2.18. The van der Waals surface area contributed by atoms with Crippen molar-refractivity contribution < 1.29 is 4.92 Å². The van der Waals surface area contributed by atoms with E-state index in [0.717, 1.165) is 25.6 Å². The first-order valence-corrected chi connectivity index (χ1v) is 5.83. The van der Waals surface area contributed by atoms with Crippen molar-refractivity contribution in [1.29, 1.82) is 0 Å². The maximum atomic E-state index is 10.6. The molecule has 1 aliphatic rings. The predicted molar refractivity (Wildman–Crippen MR) is 65.0 cm³/mol. The third-order valence-electron chi connectivity index (χ3n) is 2.62. The van der Waals surface area contributed by atoms with Gasteiger partial charge in [-0.05, 0) is 25.8 Å². The monoisotopic (exact) mass is 236 g/mol. The number of anilines is 1. The number of hydrogen-bond acceptors (Lipinski definition) is 5. The first kappa shape index (κ1) is 11.8. The topological polar surface area (TPSA) is 80.1 Å². The lowest BCUT2D eigenvalue weighted by Crippen LogP contribution is -2.20.